The molecule has 0 unspecified atom stereocenters. The van der Waals surface area contributed by atoms with E-state index >= 15 is 0 Å². The highest BCUT2D eigenvalue weighted by molar-refractivity contribution is 7.09. The summed E-state index contributed by atoms with van der Waals surface area (Å²) in [6.45, 7) is 5.75. The van der Waals surface area contributed by atoms with Gasteiger partial charge in [0.2, 0.25) is 0 Å². The number of alkyl halides is 3. The van der Waals surface area contributed by atoms with Gasteiger partial charge in [0.05, 0.1) is 32.3 Å². The number of carbonyl (C=O) groups is 2. The number of nitrogens with zero attached hydrogens (tertiary/aromatic N) is 2. The lowest BCUT2D eigenvalue weighted by Crippen LogP contribution is -2.45. The van der Waals surface area contributed by atoms with Crippen molar-refractivity contribution in [3.8, 4) is 0 Å². The van der Waals surface area contributed by atoms with E-state index in [9.17, 15) is 18.0 Å². The van der Waals surface area contributed by atoms with Crippen molar-refractivity contribution in [3.63, 3.8) is 0 Å². The molecule has 3 aliphatic heterocycles. The van der Waals surface area contributed by atoms with Crippen LogP contribution in [0.25, 0.3) is 0 Å². The van der Waals surface area contributed by atoms with Gasteiger partial charge in [-0.2, -0.15) is 13.2 Å². The molecule has 0 saturated carbocycles. The smallest absolute Gasteiger partial charge is 0.475 e. The van der Waals surface area contributed by atoms with Gasteiger partial charge >= 0.3 is 12.1 Å². The Kier molecular flexibility index (Phi) is 7.14. The van der Waals surface area contributed by atoms with E-state index in [0.717, 1.165) is 39.2 Å². The average molecular weight is 436 g/mol. The van der Waals surface area contributed by atoms with Crippen LogP contribution >= 0.6 is 11.3 Å². The van der Waals surface area contributed by atoms with Gasteiger partial charge < -0.3 is 9.84 Å². The van der Waals surface area contributed by atoms with Crippen molar-refractivity contribution in [1.82, 2.24) is 9.96 Å². The van der Waals surface area contributed by atoms with Gasteiger partial charge in [-0.15, -0.1) is 11.3 Å². The summed E-state index contributed by atoms with van der Waals surface area (Å²) in [6.07, 6.45) is -4.14. The van der Waals surface area contributed by atoms with Crippen LogP contribution in [-0.4, -0.2) is 72.6 Å². The third-order valence-electron chi connectivity index (χ3n) is 5.23. The second kappa shape index (κ2) is 9.41. The highest BCUT2D eigenvalue weighted by atomic mass is 32.1. The first-order valence-corrected chi connectivity index (χ1v) is 10.2. The number of fused-ring (bicyclic) bond motifs is 1. The zero-order chi connectivity index (χ0) is 21.0. The molecular formula is C18H23F3N2O5S. The Morgan fingerprint density at radius 3 is 2.62 bits per heavy atom. The van der Waals surface area contributed by atoms with Crippen LogP contribution in [0.5, 0.6) is 0 Å². The number of carboxylic acids is 1. The molecule has 3 atom stereocenters. The molecule has 0 radical (unpaired) electrons. The van der Waals surface area contributed by atoms with E-state index in [4.69, 9.17) is 19.5 Å². The van der Waals surface area contributed by atoms with Gasteiger partial charge in [0.25, 0.3) is 5.91 Å². The zero-order valence-corrected chi connectivity index (χ0v) is 16.5. The second-order valence-corrected chi connectivity index (χ2v) is 8.30. The van der Waals surface area contributed by atoms with Gasteiger partial charge in [-0.05, 0) is 29.7 Å². The summed E-state index contributed by atoms with van der Waals surface area (Å²) >= 11 is 1.80. The van der Waals surface area contributed by atoms with E-state index in [-0.39, 0.29) is 11.8 Å². The summed E-state index contributed by atoms with van der Waals surface area (Å²) in [6, 6.07) is 4.28. The fourth-order valence-corrected chi connectivity index (χ4v) is 4.65. The van der Waals surface area contributed by atoms with Gasteiger partial charge in [0, 0.05) is 24.5 Å². The molecule has 1 amide bonds. The number of likely N-dealkylation sites (tertiary alicyclic amines) is 1. The van der Waals surface area contributed by atoms with Gasteiger partial charge in [-0.1, -0.05) is 6.07 Å². The van der Waals surface area contributed by atoms with Crippen LogP contribution in [0.4, 0.5) is 13.2 Å². The topological polar surface area (TPSA) is 79.3 Å². The lowest BCUT2D eigenvalue weighted by atomic mass is 9.82. The fourth-order valence-electron chi connectivity index (χ4n) is 3.90. The number of hydrogen-bond donors (Lipinski definition) is 1. The first kappa shape index (κ1) is 22.0. The molecule has 7 nitrogen and oxygen atoms in total. The van der Waals surface area contributed by atoms with Gasteiger partial charge in [-0.3, -0.25) is 14.5 Å². The third kappa shape index (κ3) is 5.68. The number of halogens is 3. The Hall–Kier alpha value is -1.69. The van der Waals surface area contributed by atoms with Crippen molar-refractivity contribution < 1.29 is 37.4 Å². The van der Waals surface area contributed by atoms with E-state index in [1.54, 1.807) is 16.4 Å². The number of ether oxygens (including phenoxy) is 1. The Bertz CT molecular complexity index is 694. The van der Waals surface area contributed by atoms with Gasteiger partial charge in [0.15, 0.2) is 0 Å². The quantitative estimate of drug-likeness (QED) is 0.783. The Morgan fingerprint density at radius 1 is 1.28 bits per heavy atom. The molecule has 0 aliphatic carbocycles. The molecule has 162 valence electrons. The molecule has 0 spiro atoms. The number of thiophene rings is 1. The molecule has 0 aromatic carbocycles. The van der Waals surface area contributed by atoms with Crippen molar-refractivity contribution in [2.45, 2.75) is 19.1 Å². The number of aliphatic carboxylic acids is 1. The maximum Gasteiger partial charge on any atom is 0.490 e. The minimum atomic E-state index is -5.08. The number of carbonyl (C=O) groups excluding carboxylic acids is 1. The summed E-state index contributed by atoms with van der Waals surface area (Å²) in [7, 11) is 0. The predicted octanol–water partition coefficient (Wildman–Crippen LogP) is 2.24. The first-order valence-electron chi connectivity index (χ1n) is 9.32. The second-order valence-electron chi connectivity index (χ2n) is 7.27. The number of rotatable bonds is 3. The van der Waals surface area contributed by atoms with Gasteiger partial charge in [-0.25, -0.2) is 9.86 Å². The van der Waals surface area contributed by atoms with E-state index in [1.807, 2.05) is 0 Å². The van der Waals surface area contributed by atoms with Gasteiger partial charge in [0.1, 0.15) is 0 Å². The molecule has 1 aromatic heterocycles. The van der Waals surface area contributed by atoms with Crippen molar-refractivity contribution in [3.05, 3.63) is 22.4 Å². The van der Waals surface area contributed by atoms with Crippen molar-refractivity contribution in [2.75, 3.05) is 39.5 Å². The zero-order valence-electron chi connectivity index (χ0n) is 15.6. The molecule has 11 heteroatoms. The standard InChI is InChI=1S/C16H22N2O3S.C2HF3O2/c19-16(18-4-2-5-21-18)15-11-20-10-12-7-17(9-14(12)15)8-13-3-1-6-22-13;3-2(4,5)1(6)7/h1,3,6,12,14-15H,2,4-5,7-11H2;(H,6,7)/t12-,14-,15-;/m1./s1. The van der Waals surface area contributed by atoms with Crippen LogP contribution in [0.2, 0.25) is 0 Å². The molecule has 0 bridgehead atoms. The normalized spacial score (nSPS) is 27.3. The molecule has 1 aromatic rings. The largest absolute Gasteiger partial charge is 0.490 e. The van der Waals surface area contributed by atoms with Crippen LogP contribution in [0, 0.1) is 17.8 Å². The highest BCUT2D eigenvalue weighted by Crippen LogP contribution is 2.36. The summed E-state index contributed by atoms with van der Waals surface area (Å²) in [5.74, 6) is -1.78. The molecule has 3 saturated heterocycles. The number of amides is 1. The van der Waals surface area contributed by atoms with Crippen LogP contribution in [0.1, 0.15) is 11.3 Å². The molecule has 3 fully saturated rings. The van der Waals surface area contributed by atoms with Crippen LogP contribution in [0.15, 0.2) is 17.5 Å². The molecule has 4 heterocycles. The van der Waals surface area contributed by atoms with Crippen LogP contribution in [0.3, 0.4) is 0 Å². The molecule has 29 heavy (non-hydrogen) atoms. The maximum absolute atomic E-state index is 12.7. The Labute approximate surface area is 169 Å². The predicted molar refractivity (Wildman–Crippen MR) is 96.9 cm³/mol. The minimum absolute atomic E-state index is 0.0369. The van der Waals surface area contributed by atoms with E-state index < -0.39 is 12.1 Å². The first-order chi connectivity index (χ1) is 13.8. The Morgan fingerprint density at radius 2 is 2.03 bits per heavy atom. The van der Waals surface area contributed by atoms with Crippen LogP contribution in [-0.2, 0) is 25.7 Å². The summed E-state index contributed by atoms with van der Waals surface area (Å²) in [5, 5.41) is 10.8. The maximum atomic E-state index is 12.7. The van der Waals surface area contributed by atoms with E-state index in [0.29, 0.717) is 25.0 Å². The minimum Gasteiger partial charge on any atom is -0.475 e. The summed E-state index contributed by atoms with van der Waals surface area (Å²) in [5.41, 5.74) is 0. The molecular weight excluding hydrogens is 413 g/mol. The third-order valence-corrected chi connectivity index (χ3v) is 6.09. The van der Waals surface area contributed by atoms with Crippen molar-refractivity contribution in [1.29, 1.82) is 0 Å². The number of hydroxylamine groups is 2. The van der Waals surface area contributed by atoms with E-state index in [1.165, 1.54) is 4.88 Å². The van der Waals surface area contributed by atoms with Crippen molar-refractivity contribution >= 4 is 23.2 Å². The fraction of sp³-hybridized carbons (Fsp3) is 0.667. The van der Waals surface area contributed by atoms with Crippen LogP contribution < -0.4 is 0 Å². The Balaban J connectivity index is 0.000000298. The number of hydrogen-bond acceptors (Lipinski definition) is 6. The average Bonchev–Trinajstić information content (AvgIpc) is 3.42. The lowest BCUT2D eigenvalue weighted by Gasteiger charge is -2.33. The molecule has 4 rings (SSSR count). The van der Waals surface area contributed by atoms with Crippen molar-refractivity contribution in [2.24, 2.45) is 17.8 Å². The lowest BCUT2D eigenvalue weighted by molar-refractivity contribution is -0.192. The summed E-state index contributed by atoms with van der Waals surface area (Å²) < 4.78 is 37.5. The summed E-state index contributed by atoms with van der Waals surface area (Å²) in [4.78, 5) is 30.9. The SMILES string of the molecule is O=C(O)C(F)(F)F.O=C([C@@H]1COC[C@H]2CN(Cc3cccs3)C[C@H]21)N1CCCO1. The monoisotopic (exact) mass is 436 g/mol. The molecule has 1 N–H and O–H groups in total. The highest BCUT2D eigenvalue weighted by Gasteiger charge is 2.45. The number of carboxylic acid groups (broad SMARTS) is 1. The molecule has 3 aliphatic rings. The van der Waals surface area contributed by atoms with E-state index in [2.05, 4.69) is 22.4 Å².